The predicted molar refractivity (Wildman–Crippen MR) is 118 cm³/mol. The first-order chi connectivity index (χ1) is 13.2. The highest BCUT2D eigenvalue weighted by Crippen LogP contribution is 2.48. The summed E-state index contributed by atoms with van der Waals surface area (Å²) >= 11 is 10.2. The van der Waals surface area contributed by atoms with E-state index in [1.165, 1.54) is 42.4 Å². The van der Waals surface area contributed by atoms with Crippen LogP contribution in [-0.2, 0) is 10.2 Å². The minimum atomic E-state index is -0.298. The Labute approximate surface area is 176 Å². The molecule has 1 saturated carbocycles. The Morgan fingerprint density at radius 1 is 1.19 bits per heavy atom. The number of nitrogens with zero attached hydrogens (tertiary/aromatic N) is 1. The molecular formula is C21H29ClN2OS2. The highest BCUT2D eigenvalue weighted by Gasteiger charge is 2.51. The smallest absolute Gasteiger partial charge is 0.230 e. The van der Waals surface area contributed by atoms with Gasteiger partial charge in [-0.15, -0.1) is 0 Å². The van der Waals surface area contributed by atoms with Crippen LogP contribution < -0.4 is 5.32 Å². The first kappa shape index (κ1) is 19.9. The summed E-state index contributed by atoms with van der Waals surface area (Å²) in [5, 5.41) is 4.02. The highest BCUT2D eigenvalue weighted by atomic mass is 35.5. The molecule has 1 amide bonds. The molecule has 0 unspecified atom stereocenters. The van der Waals surface area contributed by atoms with Gasteiger partial charge in [0.2, 0.25) is 5.91 Å². The Morgan fingerprint density at radius 3 is 2.56 bits per heavy atom. The van der Waals surface area contributed by atoms with Crippen molar-refractivity contribution in [3.63, 3.8) is 0 Å². The maximum Gasteiger partial charge on any atom is 0.230 e. The van der Waals surface area contributed by atoms with E-state index in [-0.39, 0.29) is 11.3 Å². The third-order valence-electron chi connectivity index (χ3n) is 6.19. The summed E-state index contributed by atoms with van der Waals surface area (Å²) < 4.78 is 0. The van der Waals surface area contributed by atoms with Gasteiger partial charge in [-0.2, -0.15) is 23.5 Å². The molecule has 0 aromatic heterocycles. The van der Waals surface area contributed by atoms with Crippen molar-refractivity contribution in [1.82, 2.24) is 10.2 Å². The molecule has 0 radical (unpaired) electrons. The number of hydrogen-bond acceptors (Lipinski definition) is 4. The number of likely N-dealkylation sites (tertiary alicyclic amines) is 1. The summed E-state index contributed by atoms with van der Waals surface area (Å²) in [5.74, 6) is 5.92. The van der Waals surface area contributed by atoms with Crippen molar-refractivity contribution in [2.75, 3.05) is 42.6 Å². The van der Waals surface area contributed by atoms with E-state index in [0.29, 0.717) is 12.0 Å². The molecule has 0 bridgehead atoms. The second-order valence-electron chi connectivity index (χ2n) is 8.11. The fourth-order valence-corrected chi connectivity index (χ4v) is 7.11. The Hall–Kier alpha value is -0.360. The van der Waals surface area contributed by atoms with Gasteiger partial charge in [0.1, 0.15) is 0 Å². The predicted octanol–water partition coefficient (Wildman–Crippen LogP) is 4.05. The molecule has 1 atom stereocenters. The molecule has 3 fully saturated rings. The largest absolute Gasteiger partial charge is 0.355 e. The summed E-state index contributed by atoms with van der Waals surface area (Å²) in [5.41, 5.74) is 0.815. The van der Waals surface area contributed by atoms with E-state index in [4.69, 9.17) is 11.6 Å². The number of thioether (sulfide) groups is 2. The normalized spacial score (nSPS) is 26.3. The topological polar surface area (TPSA) is 32.3 Å². The monoisotopic (exact) mass is 424 g/mol. The molecule has 3 aliphatic rings. The van der Waals surface area contributed by atoms with Crippen LogP contribution in [0.1, 0.15) is 31.2 Å². The van der Waals surface area contributed by atoms with Crippen LogP contribution in [0.15, 0.2) is 24.3 Å². The fourth-order valence-electron chi connectivity index (χ4n) is 4.36. The van der Waals surface area contributed by atoms with E-state index >= 15 is 0 Å². The molecule has 1 aliphatic carbocycles. The van der Waals surface area contributed by atoms with Crippen LogP contribution in [-0.4, -0.2) is 59.5 Å². The maximum absolute atomic E-state index is 12.9. The number of piperidine rings is 1. The number of hydrogen-bond donors (Lipinski definition) is 1. The van der Waals surface area contributed by atoms with E-state index < -0.39 is 0 Å². The second-order valence-corrected chi connectivity index (χ2v) is 10.8. The van der Waals surface area contributed by atoms with Gasteiger partial charge in [0.25, 0.3) is 0 Å². The molecule has 2 aliphatic heterocycles. The van der Waals surface area contributed by atoms with Crippen LogP contribution in [0.4, 0.5) is 0 Å². The summed E-state index contributed by atoms with van der Waals surface area (Å²) in [4.78, 5) is 15.6. The third-order valence-corrected chi connectivity index (χ3v) is 8.93. The lowest BCUT2D eigenvalue weighted by Crippen LogP contribution is -2.48. The summed E-state index contributed by atoms with van der Waals surface area (Å²) in [6, 6.07) is 8.53. The van der Waals surface area contributed by atoms with Gasteiger partial charge >= 0.3 is 0 Å². The van der Waals surface area contributed by atoms with Gasteiger partial charge in [-0.1, -0.05) is 23.7 Å². The van der Waals surface area contributed by atoms with Crippen LogP contribution in [0.25, 0.3) is 0 Å². The number of rotatable bonds is 5. The number of halogens is 1. The molecular weight excluding hydrogens is 396 g/mol. The van der Waals surface area contributed by atoms with Crippen LogP contribution in [0.5, 0.6) is 0 Å². The molecule has 0 spiro atoms. The lowest BCUT2D eigenvalue weighted by Gasteiger charge is -2.38. The number of amides is 1. The van der Waals surface area contributed by atoms with Crippen molar-refractivity contribution in [2.24, 2.45) is 5.92 Å². The minimum absolute atomic E-state index is 0.211. The molecule has 4 rings (SSSR count). The zero-order chi connectivity index (χ0) is 18.7. The lowest BCUT2D eigenvalue weighted by molar-refractivity contribution is -0.123. The van der Waals surface area contributed by atoms with Gasteiger partial charge in [0.15, 0.2) is 0 Å². The number of carbonyl (C=O) groups excluding carboxylic acids is 1. The van der Waals surface area contributed by atoms with Crippen molar-refractivity contribution in [3.8, 4) is 0 Å². The Kier molecular flexibility index (Phi) is 6.63. The number of carbonyl (C=O) groups is 1. The molecule has 1 aromatic carbocycles. The van der Waals surface area contributed by atoms with Crippen LogP contribution >= 0.6 is 35.1 Å². The van der Waals surface area contributed by atoms with Gasteiger partial charge in [-0.25, -0.2) is 0 Å². The zero-order valence-electron chi connectivity index (χ0n) is 15.8. The molecule has 2 heterocycles. The van der Waals surface area contributed by atoms with Gasteiger partial charge < -0.3 is 5.32 Å². The standard InChI is InChI=1S/C21H29ClN2OS2/c22-18-5-3-17(4-6-18)21(7-8-21)20(25)23-12-16-2-1-9-24(13-16)19-14-26-10-11-27-15-19/h3-6,16,19H,1-2,7-15H2,(H,23,25)/t16-/m1/s1. The second kappa shape index (κ2) is 8.98. The SMILES string of the molecule is O=C(NC[C@H]1CCCN(C2CSCCSC2)C1)C1(c2ccc(Cl)cc2)CC1. The number of benzene rings is 1. The summed E-state index contributed by atoms with van der Waals surface area (Å²) in [6.07, 6.45) is 4.40. The quantitative estimate of drug-likeness (QED) is 0.772. The average Bonchev–Trinajstić information content (AvgIpc) is 3.52. The van der Waals surface area contributed by atoms with E-state index in [2.05, 4.69) is 33.7 Å². The first-order valence-corrected chi connectivity index (χ1v) is 12.8. The Balaban J connectivity index is 1.30. The molecule has 6 heteroatoms. The average molecular weight is 425 g/mol. The summed E-state index contributed by atoms with van der Waals surface area (Å²) in [7, 11) is 0. The molecule has 1 N–H and O–H groups in total. The molecule has 2 saturated heterocycles. The zero-order valence-corrected chi connectivity index (χ0v) is 18.2. The molecule has 148 valence electrons. The summed E-state index contributed by atoms with van der Waals surface area (Å²) in [6.45, 7) is 3.18. The van der Waals surface area contributed by atoms with E-state index in [9.17, 15) is 4.79 Å². The minimum Gasteiger partial charge on any atom is -0.355 e. The molecule has 27 heavy (non-hydrogen) atoms. The van der Waals surface area contributed by atoms with Crippen molar-refractivity contribution >= 4 is 41.0 Å². The fraction of sp³-hybridized carbons (Fsp3) is 0.667. The van der Waals surface area contributed by atoms with Crippen molar-refractivity contribution in [2.45, 2.75) is 37.1 Å². The van der Waals surface area contributed by atoms with Crippen LogP contribution in [0.2, 0.25) is 5.02 Å². The number of nitrogens with one attached hydrogen (secondary N) is 1. The van der Waals surface area contributed by atoms with Gasteiger partial charge in [-0.05, 0) is 55.8 Å². The van der Waals surface area contributed by atoms with Gasteiger partial charge in [-0.3, -0.25) is 9.69 Å². The Bertz CT molecular complexity index is 642. The van der Waals surface area contributed by atoms with E-state index in [0.717, 1.165) is 36.5 Å². The molecule has 1 aromatic rings. The van der Waals surface area contributed by atoms with Crippen LogP contribution in [0.3, 0.4) is 0 Å². The van der Waals surface area contributed by atoms with Gasteiger partial charge in [0, 0.05) is 47.2 Å². The maximum atomic E-state index is 12.9. The van der Waals surface area contributed by atoms with Crippen molar-refractivity contribution in [3.05, 3.63) is 34.9 Å². The Morgan fingerprint density at radius 2 is 1.89 bits per heavy atom. The highest BCUT2D eigenvalue weighted by molar-refractivity contribution is 8.03. The van der Waals surface area contributed by atoms with Crippen molar-refractivity contribution < 1.29 is 4.79 Å². The van der Waals surface area contributed by atoms with Gasteiger partial charge in [0.05, 0.1) is 5.41 Å². The first-order valence-electron chi connectivity index (χ1n) is 10.1. The van der Waals surface area contributed by atoms with E-state index in [1.54, 1.807) is 0 Å². The van der Waals surface area contributed by atoms with E-state index in [1.807, 2.05) is 24.3 Å². The lowest BCUT2D eigenvalue weighted by atomic mass is 9.93. The van der Waals surface area contributed by atoms with Crippen molar-refractivity contribution in [1.29, 1.82) is 0 Å². The van der Waals surface area contributed by atoms with Crippen LogP contribution in [0, 0.1) is 5.92 Å². The molecule has 3 nitrogen and oxygen atoms in total. The third kappa shape index (κ3) is 4.80.